The van der Waals surface area contributed by atoms with Crippen LogP contribution in [0.25, 0.3) is 21.9 Å². The molecule has 0 aliphatic carbocycles. The Kier molecular flexibility index (Phi) is 3.88. The fourth-order valence-corrected chi connectivity index (χ4v) is 2.64. The molecular formula is C19H15F3. The molecule has 0 saturated carbocycles. The van der Waals surface area contributed by atoms with Gasteiger partial charge in [-0.2, -0.15) is 0 Å². The second kappa shape index (κ2) is 5.84. The van der Waals surface area contributed by atoms with Crippen molar-refractivity contribution >= 4 is 10.8 Å². The Morgan fingerprint density at radius 1 is 0.773 bits per heavy atom. The van der Waals surface area contributed by atoms with E-state index in [1.807, 2.05) is 12.1 Å². The number of fused-ring (bicyclic) bond motifs is 1. The Labute approximate surface area is 127 Å². The molecule has 22 heavy (non-hydrogen) atoms. The molecule has 0 saturated heterocycles. The molecule has 0 aliphatic heterocycles. The van der Waals surface area contributed by atoms with Crippen molar-refractivity contribution in [3.8, 4) is 11.1 Å². The molecule has 3 heteroatoms. The highest BCUT2D eigenvalue weighted by atomic mass is 19.2. The van der Waals surface area contributed by atoms with E-state index in [9.17, 15) is 13.2 Å². The highest BCUT2D eigenvalue weighted by Crippen LogP contribution is 2.28. The second-order valence-corrected chi connectivity index (χ2v) is 5.37. The summed E-state index contributed by atoms with van der Waals surface area (Å²) in [5.41, 5.74) is 3.07. The number of rotatable bonds is 3. The van der Waals surface area contributed by atoms with Crippen LogP contribution >= 0.6 is 0 Å². The summed E-state index contributed by atoms with van der Waals surface area (Å²) in [4.78, 5) is 0. The van der Waals surface area contributed by atoms with Crippen molar-refractivity contribution in [1.29, 1.82) is 0 Å². The minimum Gasteiger partial charge on any atom is -0.204 e. The van der Waals surface area contributed by atoms with E-state index in [1.165, 1.54) is 11.6 Å². The zero-order valence-corrected chi connectivity index (χ0v) is 12.2. The first-order valence-corrected chi connectivity index (χ1v) is 7.26. The standard InChI is InChI=1S/C19H15F3/c1-2-3-12-4-6-13(7-5-12)14-8-9-16-15(10-14)11-17(20)19(22)18(16)21/h4-11H,2-3H2,1H3. The zero-order valence-electron chi connectivity index (χ0n) is 12.2. The van der Waals surface area contributed by atoms with Crippen LogP contribution in [0.1, 0.15) is 18.9 Å². The molecule has 0 unspecified atom stereocenters. The monoisotopic (exact) mass is 300 g/mol. The molecule has 0 N–H and O–H groups in total. The average molecular weight is 300 g/mol. The maximum absolute atomic E-state index is 13.7. The largest absolute Gasteiger partial charge is 0.204 e. The molecule has 0 fully saturated rings. The van der Waals surface area contributed by atoms with Gasteiger partial charge in [0.2, 0.25) is 0 Å². The summed E-state index contributed by atoms with van der Waals surface area (Å²) >= 11 is 0. The Balaban J connectivity index is 2.06. The van der Waals surface area contributed by atoms with E-state index in [4.69, 9.17) is 0 Å². The molecule has 0 bridgehead atoms. The van der Waals surface area contributed by atoms with Gasteiger partial charge in [0, 0.05) is 5.39 Å². The Morgan fingerprint density at radius 3 is 2.14 bits per heavy atom. The quantitative estimate of drug-likeness (QED) is 0.530. The summed E-state index contributed by atoms with van der Waals surface area (Å²) in [6.07, 6.45) is 2.10. The highest BCUT2D eigenvalue weighted by Gasteiger charge is 2.13. The Bertz CT molecular complexity index is 820. The third kappa shape index (κ3) is 2.59. The molecule has 0 aromatic heterocycles. The summed E-state index contributed by atoms with van der Waals surface area (Å²) in [6.45, 7) is 2.12. The lowest BCUT2D eigenvalue weighted by Crippen LogP contribution is -1.92. The van der Waals surface area contributed by atoms with E-state index in [2.05, 4.69) is 19.1 Å². The fourth-order valence-electron chi connectivity index (χ4n) is 2.64. The van der Waals surface area contributed by atoms with Crippen LogP contribution in [0.4, 0.5) is 13.2 Å². The van der Waals surface area contributed by atoms with Gasteiger partial charge in [-0.25, -0.2) is 13.2 Å². The van der Waals surface area contributed by atoms with Crippen molar-refractivity contribution < 1.29 is 13.2 Å². The van der Waals surface area contributed by atoms with Gasteiger partial charge >= 0.3 is 0 Å². The van der Waals surface area contributed by atoms with Crippen LogP contribution in [0.5, 0.6) is 0 Å². The lowest BCUT2D eigenvalue weighted by atomic mass is 9.99. The van der Waals surface area contributed by atoms with Crippen LogP contribution in [0, 0.1) is 17.5 Å². The molecule has 112 valence electrons. The molecule has 3 aromatic carbocycles. The molecule has 0 radical (unpaired) electrons. The van der Waals surface area contributed by atoms with Crippen LogP contribution in [0.2, 0.25) is 0 Å². The van der Waals surface area contributed by atoms with Crippen LogP contribution in [-0.4, -0.2) is 0 Å². The Morgan fingerprint density at radius 2 is 1.45 bits per heavy atom. The van der Waals surface area contributed by atoms with Crippen LogP contribution in [0.15, 0.2) is 48.5 Å². The highest BCUT2D eigenvalue weighted by molar-refractivity contribution is 5.88. The summed E-state index contributed by atoms with van der Waals surface area (Å²) in [5, 5.41) is 0.441. The van der Waals surface area contributed by atoms with Gasteiger partial charge in [-0.15, -0.1) is 0 Å². The number of hydrogen-bond donors (Lipinski definition) is 0. The van der Waals surface area contributed by atoms with Crippen LogP contribution < -0.4 is 0 Å². The maximum Gasteiger partial charge on any atom is 0.195 e. The maximum atomic E-state index is 13.7. The zero-order chi connectivity index (χ0) is 15.7. The molecule has 0 amide bonds. The topological polar surface area (TPSA) is 0 Å². The molecule has 3 aromatic rings. The van der Waals surface area contributed by atoms with E-state index >= 15 is 0 Å². The number of aryl methyl sites for hydroxylation is 1. The fraction of sp³-hybridized carbons (Fsp3) is 0.158. The van der Waals surface area contributed by atoms with E-state index in [0.29, 0.717) is 5.39 Å². The van der Waals surface area contributed by atoms with Crippen LogP contribution in [-0.2, 0) is 6.42 Å². The van der Waals surface area contributed by atoms with Crippen molar-refractivity contribution in [2.75, 3.05) is 0 Å². The van der Waals surface area contributed by atoms with Gasteiger partial charge in [-0.05, 0) is 40.6 Å². The van der Waals surface area contributed by atoms with Crippen molar-refractivity contribution in [3.05, 3.63) is 71.5 Å². The van der Waals surface area contributed by atoms with Gasteiger partial charge in [0.25, 0.3) is 0 Å². The first-order valence-electron chi connectivity index (χ1n) is 7.26. The number of hydrogen-bond acceptors (Lipinski definition) is 0. The Hall–Kier alpha value is -2.29. The van der Waals surface area contributed by atoms with E-state index in [1.54, 1.807) is 12.1 Å². The van der Waals surface area contributed by atoms with Gasteiger partial charge < -0.3 is 0 Å². The predicted molar refractivity (Wildman–Crippen MR) is 83.3 cm³/mol. The van der Waals surface area contributed by atoms with Crippen molar-refractivity contribution in [2.24, 2.45) is 0 Å². The van der Waals surface area contributed by atoms with Crippen molar-refractivity contribution in [2.45, 2.75) is 19.8 Å². The number of halogens is 3. The first kappa shape index (κ1) is 14.6. The first-order chi connectivity index (χ1) is 10.6. The normalized spacial score (nSPS) is 11.1. The third-order valence-electron chi connectivity index (χ3n) is 3.80. The summed E-state index contributed by atoms with van der Waals surface area (Å²) in [7, 11) is 0. The second-order valence-electron chi connectivity index (χ2n) is 5.37. The SMILES string of the molecule is CCCc1ccc(-c2ccc3c(F)c(F)c(F)cc3c2)cc1. The van der Waals surface area contributed by atoms with Gasteiger partial charge in [0.1, 0.15) is 0 Å². The minimum absolute atomic E-state index is 0.0882. The van der Waals surface area contributed by atoms with E-state index < -0.39 is 17.5 Å². The molecule has 3 rings (SSSR count). The average Bonchev–Trinajstić information content (AvgIpc) is 2.53. The smallest absolute Gasteiger partial charge is 0.195 e. The van der Waals surface area contributed by atoms with Gasteiger partial charge in [-0.3, -0.25) is 0 Å². The van der Waals surface area contributed by atoms with Crippen molar-refractivity contribution in [3.63, 3.8) is 0 Å². The van der Waals surface area contributed by atoms with E-state index in [-0.39, 0.29) is 5.39 Å². The summed E-state index contributed by atoms with van der Waals surface area (Å²) in [6, 6.07) is 14.0. The minimum atomic E-state index is -1.43. The van der Waals surface area contributed by atoms with Gasteiger partial charge in [0.15, 0.2) is 17.5 Å². The molecule has 0 nitrogen and oxygen atoms in total. The lowest BCUT2D eigenvalue weighted by Gasteiger charge is -2.07. The summed E-state index contributed by atoms with van der Waals surface area (Å²) < 4.78 is 40.3. The molecule has 0 atom stereocenters. The lowest BCUT2D eigenvalue weighted by molar-refractivity contribution is 0.453. The third-order valence-corrected chi connectivity index (χ3v) is 3.80. The molecule has 0 heterocycles. The predicted octanol–water partition coefficient (Wildman–Crippen LogP) is 5.88. The van der Waals surface area contributed by atoms with E-state index in [0.717, 1.165) is 30.0 Å². The summed E-state index contributed by atoms with van der Waals surface area (Å²) in [5.74, 6) is -3.73. The van der Waals surface area contributed by atoms with Crippen molar-refractivity contribution in [1.82, 2.24) is 0 Å². The van der Waals surface area contributed by atoms with Gasteiger partial charge in [0.05, 0.1) is 0 Å². The molecule has 0 spiro atoms. The molecular weight excluding hydrogens is 285 g/mol. The number of benzene rings is 3. The van der Waals surface area contributed by atoms with Crippen LogP contribution in [0.3, 0.4) is 0 Å². The molecule has 0 aliphatic rings. The van der Waals surface area contributed by atoms with Gasteiger partial charge in [-0.1, -0.05) is 49.7 Å².